The van der Waals surface area contributed by atoms with Crippen LogP contribution in [-0.2, 0) is 0 Å². The van der Waals surface area contributed by atoms with Gasteiger partial charge in [0.2, 0.25) is 11.8 Å². The molecule has 0 aliphatic heterocycles. The van der Waals surface area contributed by atoms with E-state index in [1.807, 2.05) is 48.5 Å². The number of hydrogen-bond acceptors (Lipinski definition) is 4. The van der Waals surface area contributed by atoms with Crippen LogP contribution in [0.4, 0.5) is 0 Å². The lowest BCUT2D eigenvalue weighted by Gasteiger charge is -2.06. The standard InChI is InChI=1S/C15H12ClN3O/c16-12-9-5-4-8-11(12)14-18-19-15(20-14)13(17)10-6-2-1-3-7-10/h1-9,13H,17H2. The van der Waals surface area contributed by atoms with Gasteiger partial charge in [0, 0.05) is 0 Å². The minimum absolute atomic E-state index is 0.367. The van der Waals surface area contributed by atoms with Crippen LogP contribution < -0.4 is 5.73 Å². The van der Waals surface area contributed by atoms with E-state index in [1.54, 1.807) is 6.07 Å². The molecule has 0 radical (unpaired) electrons. The smallest absolute Gasteiger partial charge is 0.249 e. The molecule has 3 rings (SSSR count). The fourth-order valence-corrected chi connectivity index (χ4v) is 2.12. The van der Waals surface area contributed by atoms with E-state index in [0.29, 0.717) is 22.4 Å². The Balaban J connectivity index is 1.93. The van der Waals surface area contributed by atoms with Gasteiger partial charge >= 0.3 is 0 Å². The number of halogens is 1. The summed E-state index contributed by atoms with van der Waals surface area (Å²) in [7, 11) is 0. The van der Waals surface area contributed by atoms with Crippen LogP contribution in [0.1, 0.15) is 17.5 Å². The quantitative estimate of drug-likeness (QED) is 0.800. The van der Waals surface area contributed by atoms with Crippen LogP contribution in [0, 0.1) is 0 Å². The van der Waals surface area contributed by atoms with Gasteiger partial charge in [0.1, 0.15) is 6.04 Å². The van der Waals surface area contributed by atoms with Gasteiger partial charge in [0.05, 0.1) is 10.6 Å². The third kappa shape index (κ3) is 2.43. The first-order chi connectivity index (χ1) is 9.75. The maximum absolute atomic E-state index is 6.12. The van der Waals surface area contributed by atoms with Crippen molar-refractivity contribution >= 4 is 11.6 Å². The Morgan fingerprint density at radius 3 is 2.40 bits per heavy atom. The number of rotatable bonds is 3. The molecule has 1 aromatic heterocycles. The van der Waals surface area contributed by atoms with Crippen molar-refractivity contribution in [2.45, 2.75) is 6.04 Å². The van der Waals surface area contributed by atoms with Crippen molar-refractivity contribution in [3.8, 4) is 11.5 Å². The van der Waals surface area contributed by atoms with E-state index in [0.717, 1.165) is 5.56 Å². The molecule has 4 nitrogen and oxygen atoms in total. The van der Waals surface area contributed by atoms with Crippen LogP contribution in [0.15, 0.2) is 59.0 Å². The first-order valence-electron chi connectivity index (χ1n) is 6.14. The summed E-state index contributed by atoms with van der Waals surface area (Å²) < 4.78 is 5.64. The highest BCUT2D eigenvalue weighted by Gasteiger charge is 2.18. The Kier molecular flexibility index (Phi) is 3.50. The van der Waals surface area contributed by atoms with E-state index in [2.05, 4.69) is 10.2 Å². The summed E-state index contributed by atoms with van der Waals surface area (Å²) in [5, 5.41) is 8.59. The molecule has 0 aliphatic rings. The molecular formula is C15H12ClN3O. The van der Waals surface area contributed by atoms with Crippen molar-refractivity contribution < 1.29 is 4.42 Å². The van der Waals surface area contributed by atoms with Crippen LogP contribution in [0.5, 0.6) is 0 Å². The van der Waals surface area contributed by atoms with Gasteiger partial charge < -0.3 is 10.2 Å². The minimum Gasteiger partial charge on any atom is -0.419 e. The van der Waals surface area contributed by atoms with Gasteiger partial charge in [-0.1, -0.05) is 54.1 Å². The summed E-state index contributed by atoms with van der Waals surface area (Å²) in [6.45, 7) is 0. The lowest BCUT2D eigenvalue weighted by atomic mass is 10.1. The molecular weight excluding hydrogens is 274 g/mol. The fraction of sp³-hybridized carbons (Fsp3) is 0.0667. The van der Waals surface area contributed by atoms with E-state index >= 15 is 0 Å². The van der Waals surface area contributed by atoms with Crippen molar-refractivity contribution in [3.05, 3.63) is 71.1 Å². The van der Waals surface area contributed by atoms with Crippen molar-refractivity contribution in [1.29, 1.82) is 0 Å². The summed E-state index contributed by atoms with van der Waals surface area (Å²) in [6, 6.07) is 16.5. The molecule has 0 fully saturated rings. The molecule has 0 saturated heterocycles. The van der Waals surface area contributed by atoms with Crippen molar-refractivity contribution in [2.75, 3.05) is 0 Å². The molecule has 0 aliphatic carbocycles. The second-order valence-electron chi connectivity index (χ2n) is 4.31. The first-order valence-corrected chi connectivity index (χ1v) is 6.52. The van der Waals surface area contributed by atoms with Crippen LogP contribution in [-0.4, -0.2) is 10.2 Å². The molecule has 100 valence electrons. The predicted molar refractivity (Wildman–Crippen MR) is 77.2 cm³/mol. The zero-order valence-corrected chi connectivity index (χ0v) is 11.3. The third-order valence-electron chi connectivity index (χ3n) is 2.97. The van der Waals surface area contributed by atoms with Crippen molar-refractivity contribution in [3.63, 3.8) is 0 Å². The number of benzene rings is 2. The van der Waals surface area contributed by atoms with E-state index in [4.69, 9.17) is 21.8 Å². The Hall–Kier alpha value is -2.17. The van der Waals surface area contributed by atoms with Gasteiger partial charge in [-0.2, -0.15) is 0 Å². The zero-order chi connectivity index (χ0) is 13.9. The van der Waals surface area contributed by atoms with E-state index in [1.165, 1.54) is 0 Å². The lowest BCUT2D eigenvalue weighted by Crippen LogP contribution is -2.11. The normalized spacial score (nSPS) is 12.3. The Morgan fingerprint density at radius 1 is 0.950 bits per heavy atom. The molecule has 1 atom stereocenters. The average molecular weight is 286 g/mol. The van der Waals surface area contributed by atoms with Crippen molar-refractivity contribution in [2.24, 2.45) is 5.73 Å². The highest BCUT2D eigenvalue weighted by molar-refractivity contribution is 6.33. The third-order valence-corrected chi connectivity index (χ3v) is 3.30. The Bertz CT molecular complexity index is 712. The molecule has 0 saturated carbocycles. The number of nitrogens with two attached hydrogens (primary N) is 1. The fourth-order valence-electron chi connectivity index (χ4n) is 1.91. The summed E-state index contributed by atoms with van der Waals surface area (Å²) in [4.78, 5) is 0. The zero-order valence-electron chi connectivity index (χ0n) is 10.5. The number of hydrogen-bond donors (Lipinski definition) is 1. The predicted octanol–water partition coefficient (Wildman–Crippen LogP) is 3.44. The van der Waals surface area contributed by atoms with Crippen LogP contribution in [0.3, 0.4) is 0 Å². The maximum Gasteiger partial charge on any atom is 0.249 e. The molecule has 1 unspecified atom stereocenters. The summed E-state index contributed by atoms with van der Waals surface area (Å²) in [6.07, 6.45) is 0. The lowest BCUT2D eigenvalue weighted by molar-refractivity contribution is 0.484. The van der Waals surface area contributed by atoms with Crippen LogP contribution in [0.25, 0.3) is 11.5 Å². The largest absolute Gasteiger partial charge is 0.419 e. The Labute approximate surface area is 121 Å². The number of nitrogens with zero attached hydrogens (tertiary/aromatic N) is 2. The van der Waals surface area contributed by atoms with Crippen LogP contribution in [0.2, 0.25) is 5.02 Å². The topological polar surface area (TPSA) is 64.9 Å². The van der Waals surface area contributed by atoms with Gasteiger partial charge in [-0.3, -0.25) is 0 Å². The second-order valence-corrected chi connectivity index (χ2v) is 4.72. The van der Waals surface area contributed by atoms with Gasteiger partial charge in [-0.25, -0.2) is 0 Å². The SMILES string of the molecule is NC(c1ccccc1)c1nnc(-c2ccccc2Cl)o1. The molecule has 0 amide bonds. The number of aromatic nitrogens is 2. The van der Waals surface area contributed by atoms with Gasteiger partial charge in [-0.05, 0) is 17.7 Å². The minimum atomic E-state index is -0.445. The molecule has 1 heterocycles. The molecule has 5 heteroatoms. The van der Waals surface area contributed by atoms with Crippen molar-refractivity contribution in [1.82, 2.24) is 10.2 Å². The monoisotopic (exact) mass is 285 g/mol. The van der Waals surface area contributed by atoms with Crippen LogP contribution >= 0.6 is 11.6 Å². The molecule has 2 N–H and O–H groups in total. The molecule has 3 aromatic rings. The second kappa shape index (κ2) is 5.45. The van der Waals surface area contributed by atoms with Gasteiger partial charge in [-0.15, -0.1) is 10.2 Å². The summed E-state index contributed by atoms with van der Waals surface area (Å²) in [5.41, 5.74) is 7.74. The highest BCUT2D eigenvalue weighted by Crippen LogP contribution is 2.28. The summed E-state index contributed by atoms with van der Waals surface area (Å²) >= 11 is 6.11. The molecule has 2 aromatic carbocycles. The van der Waals surface area contributed by atoms with E-state index < -0.39 is 6.04 Å². The summed E-state index contributed by atoms with van der Waals surface area (Å²) in [5.74, 6) is 0.739. The van der Waals surface area contributed by atoms with E-state index in [9.17, 15) is 0 Å². The highest BCUT2D eigenvalue weighted by atomic mass is 35.5. The van der Waals surface area contributed by atoms with Gasteiger partial charge in [0.15, 0.2) is 0 Å². The first kappa shape index (κ1) is 12.8. The molecule has 0 spiro atoms. The molecule has 0 bridgehead atoms. The maximum atomic E-state index is 6.12. The van der Waals surface area contributed by atoms with E-state index in [-0.39, 0.29) is 0 Å². The Morgan fingerprint density at radius 2 is 1.65 bits per heavy atom. The van der Waals surface area contributed by atoms with Gasteiger partial charge in [0.25, 0.3) is 0 Å². The average Bonchev–Trinajstić information content (AvgIpc) is 2.97. The molecule has 20 heavy (non-hydrogen) atoms.